The van der Waals surface area contributed by atoms with E-state index in [2.05, 4.69) is 10.6 Å². The second kappa shape index (κ2) is 8.67. The van der Waals surface area contributed by atoms with Gasteiger partial charge in [0.2, 0.25) is 5.91 Å². The normalized spacial score (nSPS) is 10.5. The Labute approximate surface area is 150 Å². The van der Waals surface area contributed by atoms with Crippen molar-refractivity contribution < 1.29 is 4.79 Å². The summed E-state index contributed by atoms with van der Waals surface area (Å²) in [5.41, 5.74) is 1.78. The van der Waals surface area contributed by atoms with E-state index in [9.17, 15) is 4.79 Å². The fourth-order valence-corrected chi connectivity index (χ4v) is 2.42. The van der Waals surface area contributed by atoms with Gasteiger partial charge in [-0.1, -0.05) is 59.6 Å². The number of benzene rings is 2. The van der Waals surface area contributed by atoms with Crippen LogP contribution in [-0.4, -0.2) is 11.0 Å². The van der Waals surface area contributed by atoms with Gasteiger partial charge in [-0.15, -0.1) is 0 Å². The number of carbonyl (C=O) groups excluding carboxylic acids is 1. The van der Waals surface area contributed by atoms with Gasteiger partial charge in [0.25, 0.3) is 0 Å². The van der Waals surface area contributed by atoms with Crippen LogP contribution in [0.25, 0.3) is 6.08 Å². The highest BCUT2D eigenvalue weighted by atomic mass is 35.5. The van der Waals surface area contributed by atoms with Crippen molar-refractivity contribution in [2.75, 3.05) is 0 Å². The molecule has 0 atom stereocenters. The SMILES string of the molecule is O=C(/C=C/c1ccccc1)NC(=S)NCc1ccc(Cl)cc1Cl. The summed E-state index contributed by atoms with van der Waals surface area (Å²) in [6, 6.07) is 14.7. The Morgan fingerprint density at radius 2 is 1.87 bits per heavy atom. The number of rotatable bonds is 4. The number of halogens is 2. The highest BCUT2D eigenvalue weighted by Gasteiger charge is 2.04. The lowest BCUT2D eigenvalue weighted by Gasteiger charge is -2.09. The van der Waals surface area contributed by atoms with Crippen LogP contribution in [0.3, 0.4) is 0 Å². The fraction of sp³-hybridized carbons (Fsp3) is 0.0588. The predicted molar refractivity (Wildman–Crippen MR) is 99.5 cm³/mol. The van der Waals surface area contributed by atoms with Crippen LogP contribution in [0.5, 0.6) is 0 Å². The summed E-state index contributed by atoms with van der Waals surface area (Å²) in [6.45, 7) is 0.400. The standard InChI is InChI=1S/C17H14Cl2N2OS/c18-14-8-7-13(15(19)10-14)11-20-17(23)21-16(22)9-6-12-4-2-1-3-5-12/h1-10H,11H2,(H2,20,21,22,23)/b9-6+. The summed E-state index contributed by atoms with van der Waals surface area (Å²) in [5, 5.41) is 6.85. The lowest BCUT2D eigenvalue weighted by atomic mass is 10.2. The number of thiocarbonyl (C=S) groups is 1. The van der Waals surface area contributed by atoms with Crippen molar-refractivity contribution >= 4 is 52.5 Å². The largest absolute Gasteiger partial charge is 0.358 e. The first-order valence-electron chi connectivity index (χ1n) is 6.80. The molecule has 2 aromatic rings. The average molecular weight is 365 g/mol. The Balaban J connectivity index is 1.82. The molecule has 0 aromatic heterocycles. The molecule has 0 aliphatic heterocycles. The molecule has 0 radical (unpaired) electrons. The maximum Gasteiger partial charge on any atom is 0.250 e. The van der Waals surface area contributed by atoms with Gasteiger partial charge in [-0.3, -0.25) is 10.1 Å². The van der Waals surface area contributed by atoms with Gasteiger partial charge in [0.1, 0.15) is 0 Å². The van der Waals surface area contributed by atoms with Gasteiger partial charge in [0, 0.05) is 22.7 Å². The summed E-state index contributed by atoms with van der Waals surface area (Å²) in [5.74, 6) is -0.298. The average Bonchev–Trinajstić information content (AvgIpc) is 2.53. The van der Waals surface area contributed by atoms with Crippen LogP contribution in [0.2, 0.25) is 10.0 Å². The molecule has 0 saturated heterocycles. The number of hydrogen-bond acceptors (Lipinski definition) is 2. The van der Waals surface area contributed by atoms with Gasteiger partial charge in [-0.05, 0) is 41.6 Å². The lowest BCUT2D eigenvalue weighted by Crippen LogP contribution is -2.38. The van der Waals surface area contributed by atoms with Crippen molar-refractivity contribution in [1.29, 1.82) is 0 Å². The minimum absolute atomic E-state index is 0.235. The van der Waals surface area contributed by atoms with Gasteiger partial charge < -0.3 is 5.32 Å². The molecule has 0 unspecified atom stereocenters. The van der Waals surface area contributed by atoms with Crippen molar-refractivity contribution in [1.82, 2.24) is 10.6 Å². The molecule has 3 nitrogen and oxygen atoms in total. The molecule has 0 aliphatic rings. The zero-order chi connectivity index (χ0) is 16.7. The van der Waals surface area contributed by atoms with E-state index in [0.29, 0.717) is 16.6 Å². The van der Waals surface area contributed by atoms with E-state index in [1.54, 1.807) is 24.3 Å². The first kappa shape index (κ1) is 17.5. The minimum atomic E-state index is -0.298. The van der Waals surface area contributed by atoms with E-state index >= 15 is 0 Å². The molecule has 0 saturated carbocycles. The van der Waals surface area contributed by atoms with Crippen molar-refractivity contribution in [3.05, 3.63) is 75.8 Å². The van der Waals surface area contributed by atoms with Crippen molar-refractivity contribution in [3.8, 4) is 0 Å². The third-order valence-electron chi connectivity index (χ3n) is 2.92. The fourth-order valence-electron chi connectivity index (χ4n) is 1.77. The Bertz CT molecular complexity index is 733. The Morgan fingerprint density at radius 1 is 1.13 bits per heavy atom. The van der Waals surface area contributed by atoms with Crippen LogP contribution in [0.1, 0.15) is 11.1 Å². The third kappa shape index (κ3) is 6.02. The second-order valence-electron chi connectivity index (χ2n) is 4.65. The van der Waals surface area contributed by atoms with E-state index in [-0.39, 0.29) is 11.0 Å². The topological polar surface area (TPSA) is 41.1 Å². The summed E-state index contributed by atoms with van der Waals surface area (Å²) in [7, 11) is 0. The van der Waals surface area contributed by atoms with E-state index < -0.39 is 0 Å². The minimum Gasteiger partial charge on any atom is -0.358 e. The molecule has 2 N–H and O–H groups in total. The molecule has 0 bridgehead atoms. The van der Waals surface area contributed by atoms with Crippen LogP contribution in [0.4, 0.5) is 0 Å². The third-order valence-corrected chi connectivity index (χ3v) is 3.75. The Hall–Kier alpha value is -1.88. The zero-order valence-electron chi connectivity index (χ0n) is 12.1. The summed E-state index contributed by atoms with van der Waals surface area (Å²) < 4.78 is 0. The maximum atomic E-state index is 11.8. The van der Waals surface area contributed by atoms with Crippen molar-refractivity contribution in [2.24, 2.45) is 0 Å². The lowest BCUT2D eigenvalue weighted by molar-refractivity contribution is -0.115. The molecule has 2 aromatic carbocycles. The number of amides is 1. The molecule has 2 rings (SSSR count). The summed E-state index contributed by atoms with van der Waals surface area (Å²) >= 11 is 17.0. The van der Waals surface area contributed by atoms with E-state index in [1.165, 1.54) is 6.08 Å². The highest BCUT2D eigenvalue weighted by Crippen LogP contribution is 2.20. The van der Waals surface area contributed by atoms with Gasteiger partial charge >= 0.3 is 0 Å². The highest BCUT2D eigenvalue weighted by molar-refractivity contribution is 7.80. The Morgan fingerprint density at radius 3 is 2.57 bits per heavy atom. The molecule has 6 heteroatoms. The zero-order valence-corrected chi connectivity index (χ0v) is 14.4. The van der Waals surface area contributed by atoms with Crippen LogP contribution < -0.4 is 10.6 Å². The molecular formula is C17H14Cl2N2OS. The molecule has 0 aliphatic carbocycles. The Kier molecular flexibility index (Phi) is 6.59. The van der Waals surface area contributed by atoms with Crippen LogP contribution >= 0.6 is 35.4 Å². The van der Waals surface area contributed by atoms with Gasteiger partial charge in [-0.25, -0.2) is 0 Å². The summed E-state index contributed by atoms with van der Waals surface area (Å²) in [6.07, 6.45) is 3.15. The molecule has 0 fully saturated rings. The molecule has 118 valence electrons. The predicted octanol–water partition coefficient (Wildman–Crippen LogP) is 4.20. The molecule has 0 heterocycles. The van der Waals surface area contributed by atoms with E-state index in [1.807, 2.05) is 30.3 Å². The maximum absolute atomic E-state index is 11.8. The monoisotopic (exact) mass is 364 g/mol. The first-order valence-corrected chi connectivity index (χ1v) is 7.97. The number of carbonyl (C=O) groups is 1. The van der Waals surface area contributed by atoms with Crippen molar-refractivity contribution in [2.45, 2.75) is 6.54 Å². The van der Waals surface area contributed by atoms with Crippen LogP contribution in [0, 0.1) is 0 Å². The first-order chi connectivity index (χ1) is 11.0. The van der Waals surface area contributed by atoms with Gasteiger partial charge in [0.05, 0.1) is 0 Å². The number of hydrogen-bond donors (Lipinski definition) is 2. The molecule has 0 spiro atoms. The van der Waals surface area contributed by atoms with Crippen molar-refractivity contribution in [3.63, 3.8) is 0 Å². The molecular weight excluding hydrogens is 351 g/mol. The quantitative estimate of drug-likeness (QED) is 0.630. The van der Waals surface area contributed by atoms with Gasteiger partial charge in [-0.2, -0.15) is 0 Å². The van der Waals surface area contributed by atoms with E-state index in [0.717, 1.165) is 11.1 Å². The molecule has 1 amide bonds. The molecule has 23 heavy (non-hydrogen) atoms. The summed E-state index contributed by atoms with van der Waals surface area (Å²) in [4.78, 5) is 11.8. The van der Waals surface area contributed by atoms with E-state index in [4.69, 9.17) is 35.4 Å². The number of nitrogens with one attached hydrogen (secondary N) is 2. The smallest absolute Gasteiger partial charge is 0.250 e. The van der Waals surface area contributed by atoms with Crippen LogP contribution in [-0.2, 0) is 11.3 Å². The van der Waals surface area contributed by atoms with Crippen LogP contribution in [0.15, 0.2) is 54.6 Å². The second-order valence-corrected chi connectivity index (χ2v) is 5.90. The van der Waals surface area contributed by atoms with Gasteiger partial charge in [0.15, 0.2) is 5.11 Å².